The lowest BCUT2D eigenvalue weighted by atomic mass is 9.98. The Balaban J connectivity index is 1.42. The first-order valence-electron chi connectivity index (χ1n) is 13.5. The summed E-state index contributed by atoms with van der Waals surface area (Å²) in [5.74, 6) is -1.68. The number of benzene rings is 2. The number of carbonyl (C=O) groups is 2. The van der Waals surface area contributed by atoms with Crippen LogP contribution in [0.5, 0.6) is 0 Å². The lowest BCUT2D eigenvalue weighted by Gasteiger charge is -2.37. The van der Waals surface area contributed by atoms with E-state index in [-0.39, 0.29) is 17.4 Å². The van der Waals surface area contributed by atoms with E-state index in [9.17, 15) is 30.0 Å². The molecule has 1 aliphatic rings. The Bertz CT molecular complexity index is 1580. The van der Waals surface area contributed by atoms with E-state index < -0.39 is 42.6 Å². The van der Waals surface area contributed by atoms with Gasteiger partial charge in [0.2, 0.25) is 12.1 Å². The molecule has 2 aromatic heterocycles. The van der Waals surface area contributed by atoms with Crippen molar-refractivity contribution in [2.75, 3.05) is 0 Å². The Labute approximate surface area is 249 Å². The van der Waals surface area contributed by atoms with Gasteiger partial charge in [-0.3, -0.25) is 0 Å². The van der Waals surface area contributed by atoms with E-state index in [1.165, 1.54) is 0 Å². The first kappa shape index (κ1) is 30.3. The first-order valence-corrected chi connectivity index (χ1v) is 13.9. The summed E-state index contributed by atoms with van der Waals surface area (Å²) in [4.78, 5) is 29.2. The first-order chi connectivity index (χ1) is 20.7. The molecule has 15 heteroatoms. The molecule has 1 fully saturated rings. The van der Waals surface area contributed by atoms with E-state index in [0.29, 0.717) is 18.1 Å². The molecule has 0 amide bonds. The monoisotopic (exact) mass is 612 g/mol. The van der Waals surface area contributed by atoms with Crippen LogP contribution in [0.25, 0.3) is 22.5 Å². The Morgan fingerprint density at radius 3 is 2.42 bits per heavy atom. The second-order valence-corrected chi connectivity index (χ2v) is 10.3. The number of hydrogen-bond donors (Lipinski definition) is 5. The van der Waals surface area contributed by atoms with E-state index in [4.69, 9.17) is 21.1 Å². The number of rotatable bonds is 10. The number of aromatic amines is 1. The number of carboxylic acids is 1. The van der Waals surface area contributed by atoms with Gasteiger partial charge in [0.05, 0.1) is 0 Å². The lowest BCUT2D eigenvalue weighted by molar-refractivity contribution is -0.278. The molecule has 2 aromatic carbocycles. The SMILES string of the molecule is CCCCc1nc(Cl)c(C(=O)OC2OC(C(=O)O)C(O)C(O)C2O)n1Cc1ccc(-c2ccccc2-c2nn[nH]n2)cc1. The summed E-state index contributed by atoms with van der Waals surface area (Å²) in [5, 5.41) is 53.8. The minimum absolute atomic E-state index is 0.136. The molecule has 0 aliphatic carbocycles. The van der Waals surface area contributed by atoms with Crippen molar-refractivity contribution in [1.29, 1.82) is 0 Å². The van der Waals surface area contributed by atoms with E-state index in [1.54, 1.807) is 4.57 Å². The van der Waals surface area contributed by atoms with Gasteiger partial charge in [-0.15, -0.1) is 10.2 Å². The lowest BCUT2D eigenvalue weighted by Crippen LogP contribution is -2.60. The zero-order chi connectivity index (χ0) is 30.7. The topological polar surface area (TPSA) is 206 Å². The van der Waals surface area contributed by atoms with Gasteiger partial charge in [0.1, 0.15) is 24.1 Å². The number of halogens is 1. The molecular weight excluding hydrogens is 584 g/mol. The zero-order valence-electron chi connectivity index (χ0n) is 22.9. The maximum atomic E-state index is 13.4. The quantitative estimate of drug-likeness (QED) is 0.163. The second-order valence-electron chi connectivity index (χ2n) is 9.98. The van der Waals surface area contributed by atoms with Crippen molar-refractivity contribution in [2.24, 2.45) is 0 Å². The summed E-state index contributed by atoms with van der Waals surface area (Å²) < 4.78 is 12.0. The van der Waals surface area contributed by atoms with E-state index in [0.717, 1.165) is 35.1 Å². The molecule has 43 heavy (non-hydrogen) atoms. The third-order valence-corrected chi connectivity index (χ3v) is 7.37. The van der Waals surface area contributed by atoms with Gasteiger partial charge in [0, 0.05) is 18.5 Å². The van der Waals surface area contributed by atoms with Crippen LogP contribution < -0.4 is 0 Å². The van der Waals surface area contributed by atoms with Crippen molar-refractivity contribution in [3.05, 3.63) is 70.8 Å². The summed E-state index contributed by atoms with van der Waals surface area (Å²) in [5.41, 5.74) is 3.26. The van der Waals surface area contributed by atoms with Crippen LogP contribution in [-0.2, 0) is 27.2 Å². The molecule has 5 unspecified atom stereocenters. The molecule has 0 saturated carbocycles. The molecule has 14 nitrogen and oxygen atoms in total. The predicted octanol–water partition coefficient (Wildman–Crippen LogP) is 1.82. The van der Waals surface area contributed by atoms with Gasteiger partial charge in [0.25, 0.3) is 0 Å². The minimum Gasteiger partial charge on any atom is -0.479 e. The van der Waals surface area contributed by atoms with Gasteiger partial charge in [-0.05, 0) is 28.3 Å². The van der Waals surface area contributed by atoms with Gasteiger partial charge in [-0.25, -0.2) is 14.6 Å². The molecule has 0 spiro atoms. The average molecular weight is 613 g/mol. The second kappa shape index (κ2) is 13.0. The standard InChI is InChI=1S/C28H29ClN6O8/c1-2-3-8-18-30-24(29)19(27(41)43-28-22(38)20(36)21(37)23(42-28)26(39)40)35(18)13-14-9-11-15(12-10-14)16-6-4-5-7-17(16)25-31-33-34-32-25/h4-7,9-12,20-23,28,36-38H,2-3,8,13H2,1H3,(H,39,40)(H,31,32,33,34). The minimum atomic E-state index is -1.93. The van der Waals surface area contributed by atoms with Crippen molar-refractivity contribution in [3.8, 4) is 22.5 Å². The number of ether oxygens (including phenoxy) is 2. The number of imidazole rings is 1. The molecular formula is C28H29ClN6O8. The van der Waals surface area contributed by atoms with Crippen LogP contribution in [0.2, 0.25) is 5.15 Å². The number of carboxylic acid groups (broad SMARTS) is 1. The van der Waals surface area contributed by atoms with Crippen molar-refractivity contribution < 1.29 is 39.5 Å². The number of tetrazole rings is 1. The van der Waals surface area contributed by atoms with Crippen LogP contribution in [0.3, 0.4) is 0 Å². The number of esters is 1. The van der Waals surface area contributed by atoms with Crippen molar-refractivity contribution in [1.82, 2.24) is 30.2 Å². The van der Waals surface area contributed by atoms with E-state index in [2.05, 4.69) is 25.6 Å². The summed E-state index contributed by atoms with van der Waals surface area (Å²) in [7, 11) is 0. The number of carbonyl (C=O) groups excluding carboxylic acids is 1. The maximum absolute atomic E-state index is 13.4. The van der Waals surface area contributed by atoms with Gasteiger partial charge in [0.15, 0.2) is 17.0 Å². The average Bonchev–Trinajstić information content (AvgIpc) is 3.64. The molecule has 1 saturated heterocycles. The largest absolute Gasteiger partial charge is 0.479 e. The van der Waals surface area contributed by atoms with Crippen LogP contribution >= 0.6 is 11.6 Å². The summed E-state index contributed by atoms with van der Waals surface area (Å²) in [6.45, 7) is 2.19. The van der Waals surface area contributed by atoms with Gasteiger partial charge >= 0.3 is 11.9 Å². The number of aryl methyl sites for hydroxylation is 1. The molecule has 1 aliphatic heterocycles. The number of aliphatic hydroxyl groups excluding tert-OH is 3. The number of aliphatic carboxylic acids is 1. The third-order valence-electron chi connectivity index (χ3n) is 7.11. The number of H-pyrrole nitrogens is 1. The Morgan fingerprint density at radius 1 is 1.05 bits per heavy atom. The summed E-state index contributed by atoms with van der Waals surface area (Å²) in [6.07, 6.45) is -7.46. The molecule has 5 rings (SSSR count). The van der Waals surface area contributed by atoms with Crippen molar-refractivity contribution >= 4 is 23.5 Å². The molecule has 0 radical (unpaired) electrons. The third kappa shape index (κ3) is 6.28. The zero-order valence-corrected chi connectivity index (χ0v) is 23.6. The highest BCUT2D eigenvalue weighted by Crippen LogP contribution is 2.31. The number of nitrogens with zero attached hydrogens (tertiary/aromatic N) is 5. The Kier molecular flexibility index (Phi) is 9.13. The highest BCUT2D eigenvalue weighted by molar-refractivity contribution is 6.32. The Morgan fingerprint density at radius 2 is 1.77 bits per heavy atom. The molecule has 5 atom stereocenters. The van der Waals surface area contributed by atoms with Crippen LogP contribution in [0, 0.1) is 0 Å². The van der Waals surface area contributed by atoms with E-state index >= 15 is 0 Å². The van der Waals surface area contributed by atoms with Crippen molar-refractivity contribution in [2.45, 2.75) is 63.4 Å². The molecule has 5 N–H and O–H groups in total. The van der Waals surface area contributed by atoms with E-state index in [1.807, 2.05) is 55.5 Å². The molecule has 4 aromatic rings. The van der Waals surface area contributed by atoms with Crippen LogP contribution in [0.15, 0.2) is 48.5 Å². The predicted molar refractivity (Wildman–Crippen MR) is 150 cm³/mol. The summed E-state index contributed by atoms with van der Waals surface area (Å²) >= 11 is 6.41. The van der Waals surface area contributed by atoms with Gasteiger partial charge < -0.3 is 34.5 Å². The molecule has 0 bridgehead atoms. The van der Waals surface area contributed by atoms with Gasteiger partial charge in [-0.2, -0.15) is 5.21 Å². The molecule has 226 valence electrons. The number of aliphatic hydroxyl groups is 3. The number of aromatic nitrogens is 6. The number of nitrogens with one attached hydrogen (secondary N) is 1. The van der Waals surface area contributed by atoms with Crippen LogP contribution in [0.1, 0.15) is 41.6 Å². The molecule has 3 heterocycles. The van der Waals surface area contributed by atoms with Gasteiger partial charge in [-0.1, -0.05) is 73.5 Å². The maximum Gasteiger partial charge on any atom is 0.360 e. The van der Waals surface area contributed by atoms with Crippen LogP contribution in [0.4, 0.5) is 0 Å². The summed E-state index contributed by atoms with van der Waals surface area (Å²) in [6, 6.07) is 15.2. The van der Waals surface area contributed by atoms with Crippen LogP contribution in [-0.4, -0.2) is 93.2 Å². The number of unbranched alkanes of at least 4 members (excludes halogenated alkanes) is 1. The fourth-order valence-corrected chi connectivity index (χ4v) is 5.12. The smallest absolute Gasteiger partial charge is 0.360 e. The Hall–Kier alpha value is -4.21. The number of hydrogen-bond acceptors (Lipinski definition) is 11. The highest BCUT2D eigenvalue weighted by Gasteiger charge is 2.49. The van der Waals surface area contributed by atoms with Crippen molar-refractivity contribution in [3.63, 3.8) is 0 Å². The fourth-order valence-electron chi connectivity index (χ4n) is 4.85. The normalized spacial score (nSPS) is 21.9. The highest BCUT2D eigenvalue weighted by atomic mass is 35.5. The fraction of sp³-hybridized carbons (Fsp3) is 0.357.